The molecule has 6 heteroatoms. The van der Waals surface area contributed by atoms with E-state index in [1.165, 1.54) is 7.11 Å². The molecular weight excluding hydrogens is 248 g/mol. The molecule has 0 spiro atoms. The van der Waals surface area contributed by atoms with Crippen molar-refractivity contribution in [3.05, 3.63) is 24.2 Å². The van der Waals surface area contributed by atoms with Crippen LogP contribution in [-0.4, -0.2) is 43.5 Å². The zero-order valence-electron chi connectivity index (χ0n) is 11.3. The van der Waals surface area contributed by atoms with Crippen LogP contribution in [-0.2, 0) is 20.9 Å². The molecule has 1 rings (SSSR count). The smallest absolute Gasteiger partial charge is 0.306 e. The van der Waals surface area contributed by atoms with Gasteiger partial charge in [-0.05, 0) is 18.7 Å². The molecule has 0 aliphatic rings. The summed E-state index contributed by atoms with van der Waals surface area (Å²) in [7, 11) is 1.36. The van der Waals surface area contributed by atoms with Gasteiger partial charge in [0.1, 0.15) is 5.76 Å². The molecule has 106 valence electrons. The fourth-order valence-electron chi connectivity index (χ4n) is 1.56. The number of hydrogen-bond acceptors (Lipinski definition) is 5. The van der Waals surface area contributed by atoms with E-state index in [4.69, 9.17) is 4.42 Å². The second-order valence-electron chi connectivity index (χ2n) is 4.05. The van der Waals surface area contributed by atoms with Crippen LogP contribution in [0.5, 0.6) is 0 Å². The Kier molecular flexibility index (Phi) is 6.67. The van der Waals surface area contributed by atoms with Crippen molar-refractivity contribution in [2.75, 3.05) is 26.7 Å². The van der Waals surface area contributed by atoms with Crippen molar-refractivity contribution in [1.29, 1.82) is 0 Å². The van der Waals surface area contributed by atoms with Crippen LogP contribution in [0.4, 0.5) is 0 Å². The predicted molar refractivity (Wildman–Crippen MR) is 69.3 cm³/mol. The van der Waals surface area contributed by atoms with Gasteiger partial charge in [0.25, 0.3) is 0 Å². The summed E-state index contributed by atoms with van der Waals surface area (Å²) in [6.45, 7) is 3.79. The summed E-state index contributed by atoms with van der Waals surface area (Å²) >= 11 is 0. The summed E-state index contributed by atoms with van der Waals surface area (Å²) in [6.07, 6.45) is 1.85. The first-order valence-corrected chi connectivity index (χ1v) is 6.24. The number of furan rings is 1. The lowest BCUT2D eigenvalue weighted by molar-refractivity contribution is -0.141. The van der Waals surface area contributed by atoms with Gasteiger partial charge in [0.05, 0.1) is 32.9 Å². The number of amides is 1. The van der Waals surface area contributed by atoms with Crippen molar-refractivity contribution < 1.29 is 18.7 Å². The Morgan fingerprint density at radius 3 is 2.84 bits per heavy atom. The third-order valence-corrected chi connectivity index (χ3v) is 2.71. The first kappa shape index (κ1) is 15.2. The molecule has 0 radical (unpaired) electrons. The molecule has 0 saturated heterocycles. The maximum Gasteiger partial charge on any atom is 0.306 e. The van der Waals surface area contributed by atoms with Crippen molar-refractivity contribution >= 4 is 11.9 Å². The van der Waals surface area contributed by atoms with E-state index in [-0.39, 0.29) is 24.8 Å². The van der Waals surface area contributed by atoms with E-state index in [0.29, 0.717) is 25.4 Å². The van der Waals surface area contributed by atoms with E-state index in [1.807, 2.05) is 11.8 Å². The third kappa shape index (κ3) is 6.05. The van der Waals surface area contributed by atoms with Crippen LogP contribution < -0.4 is 5.32 Å². The minimum Gasteiger partial charge on any atom is -0.469 e. The Morgan fingerprint density at radius 2 is 2.26 bits per heavy atom. The van der Waals surface area contributed by atoms with Gasteiger partial charge in [-0.1, -0.05) is 6.92 Å². The summed E-state index contributed by atoms with van der Waals surface area (Å²) in [5.74, 6) is 0.350. The largest absolute Gasteiger partial charge is 0.469 e. The first-order chi connectivity index (χ1) is 9.15. The van der Waals surface area contributed by atoms with Gasteiger partial charge in [-0.25, -0.2) is 0 Å². The predicted octanol–water partition coefficient (Wildman–Crippen LogP) is 0.781. The van der Waals surface area contributed by atoms with E-state index >= 15 is 0 Å². The van der Waals surface area contributed by atoms with Gasteiger partial charge in [-0.3, -0.25) is 14.5 Å². The quantitative estimate of drug-likeness (QED) is 0.705. The molecule has 1 aromatic rings. The molecular formula is C13H20N2O4. The highest BCUT2D eigenvalue weighted by Crippen LogP contribution is 1.99. The van der Waals surface area contributed by atoms with Crippen LogP contribution in [0.2, 0.25) is 0 Å². The number of esters is 1. The average molecular weight is 268 g/mol. The molecule has 1 aromatic heterocycles. The number of carbonyl (C=O) groups is 2. The van der Waals surface area contributed by atoms with Crippen LogP contribution in [0.15, 0.2) is 22.8 Å². The van der Waals surface area contributed by atoms with Gasteiger partial charge in [0.15, 0.2) is 0 Å². The van der Waals surface area contributed by atoms with Crippen LogP contribution in [0.25, 0.3) is 0 Å². The van der Waals surface area contributed by atoms with E-state index < -0.39 is 0 Å². The van der Waals surface area contributed by atoms with Gasteiger partial charge in [-0.2, -0.15) is 0 Å². The lowest BCUT2D eigenvalue weighted by Crippen LogP contribution is -2.37. The molecule has 0 aromatic carbocycles. The highest BCUT2D eigenvalue weighted by atomic mass is 16.5. The van der Waals surface area contributed by atoms with E-state index in [2.05, 4.69) is 10.1 Å². The molecule has 0 bridgehead atoms. The Labute approximate surface area is 112 Å². The fourth-order valence-corrected chi connectivity index (χ4v) is 1.56. The summed E-state index contributed by atoms with van der Waals surface area (Å²) in [6, 6.07) is 3.57. The zero-order valence-corrected chi connectivity index (χ0v) is 11.3. The summed E-state index contributed by atoms with van der Waals surface area (Å²) in [5, 5.41) is 2.76. The van der Waals surface area contributed by atoms with Crippen LogP contribution in [0.3, 0.4) is 0 Å². The normalized spacial score (nSPS) is 10.5. The Balaban J connectivity index is 2.26. The van der Waals surface area contributed by atoms with Crippen LogP contribution in [0.1, 0.15) is 19.1 Å². The number of carbonyl (C=O) groups excluding carboxylic acids is 2. The first-order valence-electron chi connectivity index (χ1n) is 6.24. The minimum atomic E-state index is -0.269. The minimum absolute atomic E-state index is 0.0943. The van der Waals surface area contributed by atoms with Crippen molar-refractivity contribution in [2.45, 2.75) is 19.9 Å². The molecule has 0 unspecified atom stereocenters. The van der Waals surface area contributed by atoms with E-state index in [9.17, 15) is 9.59 Å². The molecule has 1 N–H and O–H groups in total. The molecule has 0 aliphatic heterocycles. The van der Waals surface area contributed by atoms with Gasteiger partial charge in [-0.15, -0.1) is 0 Å². The van der Waals surface area contributed by atoms with E-state index in [0.717, 1.165) is 0 Å². The van der Waals surface area contributed by atoms with Crippen molar-refractivity contribution in [3.63, 3.8) is 0 Å². The summed E-state index contributed by atoms with van der Waals surface area (Å²) in [4.78, 5) is 24.6. The number of nitrogens with zero attached hydrogens (tertiary/aromatic N) is 1. The second-order valence-corrected chi connectivity index (χ2v) is 4.05. The topological polar surface area (TPSA) is 71.8 Å². The van der Waals surface area contributed by atoms with E-state index in [1.54, 1.807) is 18.4 Å². The van der Waals surface area contributed by atoms with Crippen molar-refractivity contribution in [3.8, 4) is 0 Å². The third-order valence-electron chi connectivity index (χ3n) is 2.71. The molecule has 0 saturated carbocycles. The molecule has 0 atom stereocenters. The fraction of sp³-hybridized carbons (Fsp3) is 0.538. The number of ether oxygens (including phenoxy) is 1. The molecule has 19 heavy (non-hydrogen) atoms. The highest BCUT2D eigenvalue weighted by Gasteiger charge is 2.11. The van der Waals surface area contributed by atoms with Crippen LogP contribution >= 0.6 is 0 Å². The molecule has 1 amide bonds. The molecule has 6 nitrogen and oxygen atoms in total. The maximum atomic E-state index is 11.7. The lowest BCUT2D eigenvalue weighted by Gasteiger charge is -2.18. The van der Waals surface area contributed by atoms with Crippen molar-refractivity contribution in [2.24, 2.45) is 0 Å². The van der Waals surface area contributed by atoms with Gasteiger partial charge in [0.2, 0.25) is 5.91 Å². The average Bonchev–Trinajstić information content (AvgIpc) is 2.93. The Hall–Kier alpha value is -1.82. The SMILES string of the molecule is CCN(CCC(=O)OC)CC(=O)NCc1ccco1. The van der Waals surface area contributed by atoms with Gasteiger partial charge < -0.3 is 14.5 Å². The zero-order chi connectivity index (χ0) is 14.1. The summed E-state index contributed by atoms with van der Waals surface area (Å²) in [5.41, 5.74) is 0. The number of likely N-dealkylation sites (N-methyl/N-ethyl adjacent to an activating group) is 1. The molecule has 0 aliphatic carbocycles. The van der Waals surface area contributed by atoms with Gasteiger partial charge in [0, 0.05) is 6.54 Å². The monoisotopic (exact) mass is 268 g/mol. The number of nitrogens with one attached hydrogen (secondary N) is 1. The van der Waals surface area contributed by atoms with Gasteiger partial charge >= 0.3 is 5.97 Å². The summed E-state index contributed by atoms with van der Waals surface area (Å²) < 4.78 is 9.69. The maximum absolute atomic E-state index is 11.7. The number of rotatable bonds is 8. The second kappa shape index (κ2) is 8.31. The van der Waals surface area contributed by atoms with Crippen LogP contribution in [0, 0.1) is 0 Å². The molecule has 1 heterocycles. The lowest BCUT2D eigenvalue weighted by atomic mass is 10.3. The standard InChI is InChI=1S/C13H20N2O4/c1-3-15(7-6-13(17)18-2)10-12(16)14-9-11-5-4-8-19-11/h4-5,8H,3,6-7,9-10H2,1-2H3,(H,14,16). The number of hydrogen-bond donors (Lipinski definition) is 1. The Morgan fingerprint density at radius 1 is 1.47 bits per heavy atom. The Bertz CT molecular complexity index is 389. The molecule has 0 fully saturated rings. The highest BCUT2D eigenvalue weighted by molar-refractivity contribution is 5.78. The number of methoxy groups -OCH3 is 1. The van der Waals surface area contributed by atoms with Crippen molar-refractivity contribution in [1.82, 2.24) is 10.2 Å².